The maximum atomic E-state index is 13.8. The standard InChI is InChI=1S/C71H93N13O15S3/c1-9-31-70(7)44-71(8,39-50(46(70)5)41-84-47(6)54(40-74-84)52-28-29-59(79-62(52)66(89)90)83-34-30-49-18-16-19-53(55(49)42-83)63(86)81-68-78-56-20-13-14-22-58(56)100-68)99-37-35-82(36-38-102(95,96)97)69(92)98-43-48-24-26-51(27-25-48)76-64(87)57(21-17-32-73-67(72)91)77-65(88)61(45(3)4)80-60(85)23-12-11-15-33-75-101(93,94)10-2/h10,13-14,16,18-20,22,24-29,40,45,57,61,75H,2,9,11-12,15,17,21,23,30-39,41-44H2,1,3-8H3,(H,76,87)(H,77,88)(H,80,85)(H,89,90)(H3,72,73,91)(H,78,81,86)(H,95,96,97)/t57-,61?,70?,71?/m0/s1. The van der Waals surface area contributed by atoms with Gasteiger partial charge in [-0.15, -0.1) is 0 Å². The number of hydrogen-bond donors (Lipinski definition) is 9. The summed E-state index contributed by atoms with van der Waals surface area (Å²) in [7, 11) is -8.09. The predicted octanol–water partition coefficient (Wildman–Crippen LogP) is 9.23. The zero-order valence-electron chi connectivity index (χ0n) is 58.6. The van der Waals surface area contributed by atoms with Crippen LogP contribution in [0.3, 0.4) is 0 Å². The van der Waals surface area contributed by atoms with Gasteiger partial charge in [0, 0.05) is 79.2 Å². The molecule has 550 valence electrons. The van der Waals surface area contributed by atoms with Gasteiger partial charge in [-0.2, -0.15) is 13.5 Å². The third-order valence-electron chi connectivity index (χ3n) is 18.5. The number of nitrogens with one attached hydrogen (secondary N) is 6. The fourth-order valence-electron chi connectivity index (χ4n) is 13.0. The number of carbonyl (C=O) groups excluding carboxylic acids is 6. The van der Waals surface area contributed by atoms with Crippen LogP contribution in [0.2, 0.25) is 0 Å². The number of fused-ring (bicyclic) bond motifs is 2. The van der Waals surface area contributed by atoms with Gasteiger partial charge in [0.2, 0.25) is 27.7 Å². The highest BCUT2D eigenvalue weighted by Gasteiger charge is 2.43. The van der Waals surface area contributed by atoms with Crippen molar-refractivity contribution in [1.29, 1.82) is 0 Å². The Kier molecular flexibility index (Phi) is 27.1. The van der Waals surface area contributed by atoms with Crippen LogP contribution >= 0.6 is 11.3 Å². The van der Waals surface area contributed by atoms with Crippen molar-refractivity contribution in [2.75, 3.05) is 60.6 Å². The number of allylic oxidation sites excluding steroid dienone is 1. The molecule has 7 amide bonds. The molecule has 4 heterocycles. The molecule has 8 rings (SSSR count). The van der Waals surface area contributed by atoms with E-state index in [2.05, 4.69) is 63.6 Å². The maximum absolute atomic E-state index is 13.8. The van der Waals surface area contributed by atoms with E-state index in [1.165, 1.54) is 16.9 Å². The zero-order valence-corrected chi connectivity index (χ0v) is 61.1. The van der Waals surface area contributed by atoms with Crippen molar-refractivity contribution >= 4 is 100 Å². The monoisotopic (exact) mass is 1460 g/mol. The molecule has 28 nitrogen and oxygen atoms in total. The molecule has 0 radical (unpaired) electrons. The SMILES string of the molecule is C=CS(=O)(=O)NCCCCCC(=O)NC(C(=O)N[C@@H](CCCNC(N)=O)C(=O)Nc1ccc(COC(=O)N(CCOC2(C)CC(Cn3ncc(-c4ccc(N5CCc6cccc(C(=O)Nc7nc8ccccc8s7)c6C5)nc4C(=O)O)c3C)=C(C)C(C)(CCC)C2)CCS(=O)(=O)O)cc1)C(C)C. The van der Waals surface area contributed by atoms with Gasteiger partial charge in [-0.05, 0) is 148 Å². The third kappa shape index (κ3) is 21.7. The number of primary amides is 1. The van der Waals surface area contributed by atoms with E-state index >= 15 is 0 Å². The second-order valence-corrected chi connectivity index (χ2v) is 30.9. The number of rotatable bonds is 36. The van der Waals surface area contributed by atoms with Gasteiger partial charge in [0.05, 0.1) is 40.9 Å². The minimum Gasteiger partial charge on any atom is -0.476 e. The number of pyridine rings is 1. The number of urea groups is 1. The fourth-order valence-corrected chi connectivity index (χ4v) is 14.9. The van der Waals surface area contributed by atoms with E-state index in [-0.39, 0.29) is 75.0 Å². The van der Waals surface area contributed by atoms with Gasteiger partial charge in [0.25, 0.3) is 16.0 Å². The lowest BCUT2D eigenvalue weighted by Crippen LogP contribution is -2.54. The van der Waals surface area contributed by atoms with Gasteiger partial charge < -0.3 is 51.4 Å². The average molecular weight is 1460 g/mol. The number of aromatic nitrogens is 4. The topological polar surface area (TPSA) is 395 Å². The summed E-state index contributed by atoms with van der Waals surface area (Å²) >= 11 is 1.39. The number of anilines is 3. The van der Waals surface area contributed by atoms with Crippen molar-refractivity contribution in [2.45, 2.75) is 156 Å². The minimum absolute atomic E-state index is 0.0405. The minimum atomic E-state index is -4.52. The summed E-state index contributed by atoms with van der Waals surface area (Å²) in [6.45, 7) is 17.7. The number of thiazole rings is 1. The lowest BCUT2D eigenvalue weighted by atomic mass is 9.64. The van der Waals surface area contributed by atoms with Crippen LogP contribution in [0.25, 0.3) is 21.3 Å². The number of aromatic carboxylic acids is 1. The number of sulfonamides is 1. The normalized spacial score (nSPS) is 16.7. The van der Waals surface area contributed by atoms with E-state index in [1.807, 2.05) is 59.8 Å². The second kappa shape index (κ2) is 35.2. The number of nitrogens with two attached hydrogens (primary N) is 1. The molecule has 1 aliphatic heterocycles. The van der Waals surface area contributed by atoms with E-state index in [9.17, 15) is 60.1 Å². The number of nitrogens with zero attached hydrogens (tertiary/aromatic N) is 6. The number of para-hydroxylation sites is 1. The van der Waals surface area contributed by atoms with Crippen molar-refractivity contribution < 1.29 is 69.5 Å². The summed E-state index contributed by atoms with van der Waals surface area (Å²) in [5.74, 6) is -3.87. The van der Waals surface area contributed by atoms with Crippen LogP contribution in [0.15, 0.2) is 108 Å². The van der Waals surface area contributed by atoms with E-state index in [0.29, 0.717) is 103 Å². The Morgan fingerprint density at radius 3 is 2.32 bits per heavy atom. The smallest absolute Gasteiger partial charge is 0.410 e. The molecule has 0 saturated carbocycles. The second-order valence-electron chi connectivity index (χ2n) is 26.6. The lowest BCUT2D eigenvalue weighted by molar-refractivity contribution is -0.132. The summed E-state index contributed by atoms with van der Waals surface area (Å²) in [6.07, 6.45) is 5.93. The van der Waals surface area contributed by atoms with E-state index in [4.69, 9.17) is 25.3 Å². The highest BCUT2D eigenvalue weighted by Crippen LogP contribution is 2.50. The molecule has 0 saturated heterocycles. The van der Waals surface area contributed by atoms with E-state index < -0.39 is 85.9 Å². The Bertz CT molecular complexity index is 4280. The molecule has 2 aliphatic rings. The molecule has 10 N–H and O–H groups in total. The molecule has 102 heavy (non-hydrogen) atoms. The first kappa shape index (κ1) is 78.6. The van der Waals surface area contributed by atoms with Gasteiger partial charge in [-0.3, -0.25) is 33.7 Å². The van der Waals surface area contributed by atoms with Crippen molar-refractivity contribution in [3.05, 3.63) is 142 Å². The Hall–Kier alpha value is -9.14. The molecule has 3 unspecified atom stereocenters. The quantitative estimate of drug-likeness (QED) is 0.0100. The summed E-state index contributed by atoms with van der Waals surface area (Å²) < 4.78 is 74.7. The van der Waals surface area contributed by atoms with Crippen molar-refractivity contribution in [3.63, 3.8) is 0 Å². The number of hydrogen-bond acceptors (Lipinski definition) is 18. The maximum Gasteiger partial charge on any atom is 0.410 e. The first-order valence-corrected chi connectivity index (χ1v) is 38.0. The summed E-state index contributed by atoms with van der Waals surface area (Å²) in [6, 6.07) is 20.2. The molecule has 1 aliphatic carbocycles. The summed E-state index contributed by atoms with van der Waals surface area (Å²) in [4.78, 5) is 105. The van der Waals surface area contributed by atoms with Gasteiger partial charge in [-0.1, -0.05) is 100 Å². The molecule has 3 aromatic heterocycles. The van der Waals surface area contributed by atoms with Crippen molar-refractivity contribution in [1.82, 2.24) is 45.3 Å². The largest absolute Gasteiger partial charge is 0.476 e. The average Bonchev–Trinajstić information content (AvgIpc) is 1.20. The third-order valence-corrected chi connectivity index (χ3v) is 21.2. The summed E-state index contributed by atoms with van der Waals surface area (Å²) in [5, 5.41) is 30.5. The number of carbonyl (C=O) groups is 7. The van der Waals surface area contributed by atoms with Gasteiger partial charge in [0.1, 0.15) is 24.5 Å². The molecular formula is C71H93N13O15S3. The number of carboxylic acids is 1. The predicted molar refractivity (Wildman–Crippen MR) is 390 cm³/mol. The van der Waals surface area contributed by atoms with Crippen molar-refractivity contribution in [2.24, 2.45) is 17.1 Å². The Morgan fingerprint density at radius 2 is 1.63 bits per heavy atom. The Labute approximate surface area is 598 Å². The number of carboxylic acid groups (broad SMARTS) is 1. The number of amides is 7. The molecule has 3 aromatic carbocycles. The molecule has 0 fully saturated rings. The highest BCUT2D eigenvalue weighted by atomic mass is 32.2. The lowest BCUT2D eigenvalue weighted by Gasteiger charge is -2.46. The van der Waals surface area contributed by atoms with Gasteiger partial charge in [-0.25, -0.2) is 37.5 Å². The van der Waals surface area contributed by atoms with Gasteiger partial charge in [0.15, 0.2) is 10.8 Å². The molecular weight excluding hydrogens is 1370 g/mol. The number of benzene rings is 3. The first-order valence-electron chi connectivity index (χ1n) is 34.0. The van der Waals surface area contributed by atoms with Crippen LogP contribution in [-0.2, 0) is 70.1 Å². The molecule has 6 aromatic rings. The number of ether oxygens (including phenoxy) is 2. The summed E-state index contributed by atoms with van der Waals surface area (Å²) in [5.41, 5.74) is 11.8. The molecule has 0 bridgehead atoms. The van der Waals surface area contributed by atoms with Crippen LogP contribution in [0.1, 0.15) is 149 Å². The van der Waals surface area contributed by atoms with Gasteiger partial charge >= 0.3 is 18.1 Å². The highest BCUT2D eigenvalue weighted by molar-refractivity contribution is 7.92. The van der Waals surface area contributed by atoms with Crippen LogP contribution in [0, 0.1) is 18.3 Å². The van der Waals surface area contributed by atoms with E-state index in [1.54, 1.807) is 62.5 Å². The van der Waals surface area contributed by atoms with Crippen LogP contribution in [-0.4, -0.2) is 156 Å². The fraction of sp³-hybridized carbons (Fsp3) is 0.465. The van der Waals surface area contributed by atoms with E-state index in [0.717, 1.165) is 50.1 Å². The Morgan fingerprint density at radius 1 is 0.873 bits per heavy atom. The molecule has 4 atom stereocenters. The Balaban J connectivity index is 0.880. The van der Waals surface area contributed by atoms with Crippen LogP contribution < -0.4 is 41.9 Å². The molecule has 0 spiro atoms. The first-order chi connectivity index (χ1) is 48.4. The van der Waals surface area contributed by atoms with Crippen LogP contribution in [0.4, 0.5) is 26.2 Å². The van der Waals surface area contributed by atoms with Crippen LogP contribution in [0.5, 0.6) is 0 Å². The zero-order chi connectivity index (χ0) is 74.1. The van der Waals surface area contributed by atoms with Crippen molar-refractivity contribution in [3.8, 4) is 11.1 Å². The molecule has 31 heteroatoms. The number of unbranched alkanes of at least 4 members (excludes halogenated alkanes) is 2.